The van der Waals surface area contributed by atoms with E-state index in [1.54, 1.807) is 17.0 Å². The minimum Gasteiger partial charge on any atom is -0.340 e. The third kappa shape index (κ3) is 2.88. The number of hydrogen-bond acceptors (Lipinski definition) is 2. The molecule has 3 nitrogen and oxygen atoms in total. The molecule has 2 unspecified atom stereocenters. The van der Waals surface area contributed by atoms with E-state index >= 15 is 0 Å². The van der Waals surface area contributed by atoms with Gasteiger partial charge in [-0.15, -0.1) is 0 Å². The number of carbonyl (C=O) groups is 1. The molecule has 0 spiro atoms. The van der Waals surface area contributed by atoms with Crippen LogP contribution in [0.3, 0.4) is 0 Å². The fourth-order valence-electron chi connectivity index (χ4n) is 2.38. The summed E-state index contributed by atoms with van der Waals surface area (Å²) in [6.07, 6.45) is 1.63. The summed E-state index contributed by atoms with van der Waals surface area (Å²) in [5.41, 5.74) is 6.77. The van der Waals surface area contributed by atoms with Crippen molar-refractivity contribution in [1.82, 2.24) is 4.90 Å². The summed E-state index contributed by atoms with van der Waals surface area (Å²) in [7, 11) is 0. The molecule has 0 aliphatic carbocycles. The second-order valence-electron chi connectivity index (χ2n) is 4.94. The Bertz CT molecular complexity index is 436. The summed E-state index contributed by atoms with van der Waals surface area (Å²) in [6.45, 7) is 3.34. The summed E-state index contributed by atoms with van der Waals surface area (Å²) in [6, 6.07) is 5.95. The standard InChI is InChI=1S/C14H19FN2O/c1-2-10-6-14(18)17(8-10)9-13(16)11-4-3-5-12(15)7-11/h3-5,7,10,13H,2,6,8-9,16H2,1H3. The van der Waals surface area contributed by atoms with Gasteiger partial charge in [-0.25, -0.2) is 4.39 Å². The number of halogens is 1. The molecule has 1 heterocycles. The van der Waals surface area contributed by atoms with E-state index in [2.05, 4.69) is 6.92 Å². The monoisotopic (exact) mass is 250 g/mol. The first-order chi connectivity index (χ1) is 8.60. The Morgan fingerprint density at radius 3 is 2.94 bits per heavy atom. The number of hydrogen-bond donors (Lipinski definition) is 1. The van der Waals surface area contributed by atoms with Gasteiger partial charge in [0.2, 0.25) is 5.91 Å². The second kappa shape index (κ2) is 5.48. The number of amides is 1. The van der Waals surface area contributed by atoms with Crippen molar-refractivity contribution < 1.29 is 9.18 Å². The van der Waals surface area contributed by atoms with Gasteiger partial charge in [-0.3, -0.25) is 4.79 Å². The predicted molar refractivity (Wildman–Crippen MR) is 68.3 cm³/mol. The fraction of sp³-hybridized carbons (Fsp3) is 0.500. The first-order valence-corrected chi connectivity index (χ1v) is 6.39. The highest BCUT2D eigenvalue weighted by molar-refractivity contribution is 5.78. The van der Waals surface area contributed by atoms with Crippen molar-refractivity contribution in [2.24, 2.45) is 11.7 Å². The Kier molecular flexibility index (Phi) is 3.97. The van der Waals surface area contributed by atoms with E-state index in [0.717, 1.165) is 18.5 Å². The molecule has 1 aromatic rings. The van der Waals surface area contributed by atoms with Crippen LogP contribution in [-0.2, 0) is 4.79 Å². The average molecular weight is 250 g/mol. The first kappa shape index (κ1) is 13.0. The van der Waals surface area contributed by atoms with Gasteiger partial charge in [0.1, 0.15) is 5.82 Å². The molecular weight excluding hydrogens is 231 g/mol. The van der Waals surface area contributed by atoms with Crippen LogP contribution in [0.1, 0.15) is 31.4 Å². The van der Waals surface area contributed by atoms with Gasteiger partial charge in [-0.1, -0.05) is 25.5 Å². The lowest BCUT2D eigenvalue weighted by atomic mass is 10.1. The molecule has 1 fully saturated rings. The zero-order valence-electron chi connectivity index (χ0n) is 10.6. The van der Waals surface area contributed by atoms with Crippen LogP contribution in [0.4, 0.5) is 4.39 Å². The molecule has 18 heavy (non-hydrogen) atoms. The van der Waals surface area contributed by atoms with E-state index in [1.807, 2.05) is 0 Å². The fourth-order valence-corrected chi connectivity index (χ4v) is 2.38. The van der Waals surface area contributed by atoms with Gasteiger partial charge in [0.15, 0.2) is 0 Å². The van der Waals surface area contributed by atoms with Crippen molar-refractivity contribution in [3.63, 3.8) is 0 Å². The van der Waals surface area contributed by atoms with Crippen molar-refractivity contribution in [1.29, 1.82) is 0 Å². The summed E-state index contributed by atoms with van der Waals surface area (Å²) in [4.78, 5) is 13.6. The predicted octanol–water partition coefficient (Wildman–Crippen LogP) is 2.08. The maximum absolute atomic E-state index is 13.1. The maximum atomic E-state index is 13.1. The molecule has 0 bridgehead atoms. The van der Waals surface area contributed by atoms with E-state index < -0.39 is 0 Å². The maximum Gasteiger partial charge on any atom is 0.222 e. The van der Waals surface area contributed by atoms with Crippen molar-refractivity contribution in [3.05, 3.63) is 35.6 Å². The molecule has 1 aliphatic rings. The van der Waals surface area contributed by atoms with Gasteiger partial charge in [-0.05, 0) is 23.6 Å². The zero-order chi connectivity index (χ0) is 13.1. The van der Waals surface area contributed by atoms with Crippen LogP contribution in [0, 0.1) is 11.7 Å². The van der Waals surface area contributed by atoms with Crippen LogP contribution in [-0.4, -0.2) is 23.9 Å². The van der Waals surface area contributed by atoms with Crippen LogP contribution < -0.4 is 5.73 Å². The Morgan fingerprint density at radius 1 is 1.56 bits per heavy atom. The third-order valence-corrected chi connectivity index (χ3v) is 3.57. The van der Waals surface area contributed by atoms with Crippen LogP contribution >= 0.6 is 0 Å². The summed E-state index contributed by atoms with van der Waals surface area (Å²) in [5, 5.41) is 0. The highest BCUT2D eigenvalue weighted by Crippen LogP contribution is 2.23. The minimum absolute atomic E-state index is 0.161. The molecule has 0 saturated carbocycles. The first-order valence-electron chi connectivity index (χ1n) is 6.39. The molecule has 98 valence electrons. The highest BCUT2D eigenvalue weighted by atomic mass is 19.1. The van der Waals surface area contributed by atoms with Crippen molar-refractivity contribution in [2.45, 2.75) is 25.8 Å². The van der Waals surface area contributed by atoms with E-state index in [0.29, 0.717) is 18.9 Å². The molecule has 0 aromatic heterocycles. The molecule has 2 rings (SSSR count). The number of nitrogens with zero attached hydrogens (tertiary/aromatic N) is 1. The van der Waals surface area contributed by atoms with Crippen LogP contribution in [0.5, 0.6) is 0 Å². The topological polar surface area (TPSA) is 46.3 Å². The molecule has 2 N–H and O–H groups in total. The number of likely N-dealkylation sites (tertiary alicyclic amines) is 1. The molecule has 2 atom stereocenters. The van der Waals surface area contributed by atoms with Crippen LogP contribution in [0.25, 0.3) is 0 Å². The lowest BCUT2D eigenvalue weighted by Gasteiger charge is -2.21. The second-order valence-corrected chi connectivity index (χ2v) is 4.94. The molecule has 1 saturated heterocycles. The van der Waals surface area contributed by atoms with Crippen LogP contribution in [0.15, 0.2) is 24.3 Å². The molecule has 1 aromatic carbocycles. The number of rotatable bonds is 4. The minimum atomic E-state index is -0.319. The third-order valence-electron chi connectivity index (χ3n) is 3.57. The number of carbonyl (C=O) groups excluding carboxylic acids is 1. The van der Waals surface area contributed by atoms with Crippen LogP contribution in [0.2, 0.25) is 0 Å². The Balaban J connectivity index is 1.99. The van der Waals surface area contributed by atoms with Crippen molar-refractivity contribution >= 4 is 5.91 Å². The summed E-state index contributed by atoms with van der Waals surface area (Å²) >= 11 is 0. The van der Waals surface area contributed by atoms with Gasteiger partial charge >= 0.3 is 0 Å². The molecule has 1 amide bonds. The van der Waals surface area contributed by atoms with Crippen molar-refractivity contribution in [2.75, 3.05) is 13.1 Å². The van der Waals surface area contributed by atoms with Gasteiger partial charge in [0, 0.05) is 25.6 Å². The Labute approximate surface area is 107 Å². The van der Waals surface area contributed by atoms with E-state index in [9.17, 15) is 9.18 Å². The normalized spacial score (nSPS) is 21.4. The summed E-state index contributed by atoms with van der Waals surface area (Å²) < 4.78 is 13.1. The van der Waals surface area contributed by atoms with E-state index in [-0.39, 0.29) is 17.8 Å². The Morgan fingerprint density at radius 2 is 2.33 bits per heavy atom. The van der Waals surface area contributed by atoms with Crippen molar-refractivity contribution in [3.8, 4) is 0 Å². The quantitative estimate of drug-likeness (QED) is 0.889. The van der Waals surface area contributed by atoms with E-state index in [1.165, 1.54) is 12.1 Å². The molecule has 0 radical (unpaired) electrons. The largest absolute Gasteiger partial charge is 0.340 e. The highest BCUT2D eigenvalue weighted by Gasteiger charge is 2.29. The SMILES string of the molecule is CCC1CC(=O)N(CC(N)c2cccc(F)c2)C1. The lowest BCUT2D eigenvalue weighted by molar-refractivity contribution is -0.127. The molecule has 4 heteroatoms. The van der Waals surface area contributed by atoms with Gasteiger partial charge < -0.3 is 10.6 Å². The lowest BCUT2D eigenvalue weighted by Crippen LogP contribution is -2.33. The van der Waals surface area contributed by atoms with Gasteiger partial charge in [-0.2, -0.15) is 0 Å². The zero-order valence-corrected chi connectivity index (χ0v) is 10.6. The van der Waals surface area contributed by atoms with Gasteiger partial charge in [0.05, 0.1) is 0 Å². The summed E-state index contributed by atoms with van der Waals surface area (Å²) in [5.74, 6) is 0.313. The number of benzene rings is 1. The van der Waals surface area contributed by atoms with E-state index in [4.69, 9.17) is 5.73 Å². The number of nitrogens with two attached hydrogens (primary N) is 1. The Hall–Kier alpha value is -1.42. The molecule has 1 aliphatic heterocycles. The average Bonchev–Trinajstić information content (AvgIpc) is 2.70. The van der Waals surface area contributed by atoms with Gasteiger partial charge in [0.25, 0.3) is 0 Å². The smallest absolute Gasteiger partial charge is 0.222 e. The molecular formula is C14H19FN2O.